The molecule has 0 saturated heterocycles. The lowest BCUT2D eigenvalue weighted by Gasteiger charge is -2.08. The molecule has 0 saturated carbocycles. The Bertz CT molecular complexity index is 3530. The number of aromatic nitrogens is 5. The fourth-order valence-corrected chi connectivity index (χ4v) is 7.88. The van der Waals surface area contributed by atoms with E-state index < -0.39 is 0 Å². The molecule has 8 heteroatoms. The quantitative estimate of drug-likeness (QED) is 0.172. The Morgan fingerprint density at radius 2 is 0.807 bits per heavy atom. The van der Waals surface area contributed by atoms with Crippen molar-refractivity contribution in [2.45, 2.75) is 0 Å². The van der Waals surface area contributed by atoms with E-state index in [1.54, 1.807) is 0 Å². The van der Waals surface area contributed by atoms with Crippen molar-refractivity contribution >= 4 is 65.9 Å². The van der Waals surface area contributed by atoms with Crippen molar-refractivity contribution in [3.8, 4) is 56.8 Å². The predicted octanol–water partition coefficient (Wildman–Crippen LogP) is 12.7. The summed E-state index contributed by atoms with van der Waals surface area (Å²) in [5, 5.41) is 4.89. The Morgan fingerprint density at radius 3 is 1.53 bits per heavy atom. The molecule has 0 bridgehead atoms. The summed E-state index contributed by atoms with van der Waals surface area (Å²) in [5.41, 5.74) is 9.98. The molecular formula is C49H27N5O3. The van der Waals surface area contributed by atoms with Gasteiger partial charge in [-0.1, -0.05) is 121 Å². The summed E-state index contributed by atoms with van der Waals surface area (Å²) < 4.78 is 19.5. The first-order valence-corrected chi connectivity index (χ1v) is 18.7. The van der Waals surface area contributed by atoms with Crippen LogP contribution in [0.25, 0.3) is 123 Å². The van der Waals surface area contributed by atoms with Gasteiger partial charge in [-0.25, -0.2) is 24.9 Å². The summed E-state index contributed by atoms with van der Waals surface area (Å²) in [6.07, 6.45) is 0. The number of fused-ring (bicyclic) bond motifs is 9. The summed E-state index contributed by atoms with van der Waals surface area (Å²) >= 11 is 0. The second kappa shape index (κ2) is 12.3. The third-order valence-electron chi connectivity index (χ3n) is 10.6. The van der Waals surface area contributed by atoms with Gasteiger partial charge in [0.05, 0.1) is 11.1 Å². The van der Waals surface area contributed by atoms with Crippen LogP contribution in [-0.2, 0) is 0 Å². The van der Waals surface area contributed by atoms with Crippen LogP contribution < -0.4 is 0 Å². The zero-order chi connectivity index (χ0) is 37.5. The van der Waals surface area contributed by atoms with Gasteiger partial charge in [0.2, 0.25) is 0 Å². The molecule has 57 heavy (non-hydrogen) atoms. The number of benzene rings is 7. The number of para-hydroxylation sites is 4. The van der Waals surface area contributed by atoms with E-state index in [0.29, 0.717) is 40.0 Å². The molecule has 266 valence electrons. The number of hydrogen-bond donors (Lipinski definition) is 0. The fourth-order valence-electron chi connectivity index (χ4n) is 7.88. The van der Waals surface area contributed by atoms with Crippen molar-refractivity contribution in [1.82, 2.24) is 24.9 Å². The molecule has 0 spiro atoms. The van der Waals surface area contributed by atoms with Gasteiger partial charge in [-0.05, 0) is 42.5 Å². The van der Waals surface area contributed by atoms with Gasteiger partial charge in [0.15, 0.2) is 28.9 Å². The van der Waals surface area contributed by atoms with Crippen LogP contribution in [0, 0.1) is 0 Å². The molecule has 7 aromatic carbocycles. The second-order valence-electron chi connectivity index (χ2n) is 14.0. The summed E-state index contributed by atoms with van der Waals surface area (Å²) in [5.74, 6) is 2.14. The minimum atomic E-state index is 0.516. The second-order valence-corrected chi connectivity index (χ2v) is 14.0. The Balaban J connectivity index is 1.04. The summed E-state index contributed by atoms with van der Waals surface area (Å²) in [6, 6.07) is 54.3. The first-order chi connectivity index (χ1) is 28.2. The molecule has 0 unspecified atom stereocenters. The molecule has 5 aromatic heterocycles. The lowest BCUT2D eigenvalue weighted by molar-refractivity contribution is 0.666. The molecule has 0 aliphatic carbocycles. The van der Waals surface area contributed by atoms with Crippen molar-refractivity contribution < 1.29 is 13.3 Å². The lowest BCUT2D eigenvalue weighted by atomic mass is 10.1. The zero-order valence-corrected chi connectivity index (χ0v) is 30.0. The number of hydrogen-bond acceptors (Lipinski definition) is 8. The van der Waals surface area contributed by atoms with Crippen molar-refractivity contribution in [2.24, 2.45) is 0 Å². The highest BCUT2D eigenvalue weighted by Gasteiger charge is 2.22. The van der Waals surface area contributed by atoms with Crippen LogP contribution in [-0.4, -0.2) is 24.9 Å². The molecular weight excluding hydrogens is 707 g/mol. The molecule has 5 heterocycles. The first kappa shape index (κ1) is 31.4. The van der Waals surface area contributed by atoms with E-state index in [4.69, 9.17) is 38.2 Å². The van der Waals surface area contributed by atoms with Gasteiger partial charge in [0, 0.05) is 43.6 Å². The highest BCUT2D eigenvalue weighted by atomic mass is 16.3. The molecule has 0 aliphatic rings. The highest BCUT2D eigenvalue weighted by Crippen LogP contribution is 2.41. The minimum Gasteiger partial charge on any atom is -0.455 e. The number of nitrogens with zero attached hydrogens (tertiary/aromatic N) is 5. The Morgan fingerprint density at radius 1 is 0.298 bits per heavy atom. The average molecular weight is 734 g/mol. The molecule has 12 aromatic rings. The summed E-state index contributed by atoms with van der Waals surface area (Å²) in [7, 11) is 0. The van der Waals surface area contributed by atoms with Gasteiger partial charge in [-0.2, -0.15) is 0 Å². The normalized spacial score (nSPS) is 11.9. The van der Waals surface area contributed by atoms with Crippen LogP contribution in [0.15, 0.2) is 177 Å². The topological polar surface area (TPSA) is 104 Å². The summed E-state index contributed by atoms with van der Waals surface area (Å²) in [6.45, 7) is 0. The minimum absolute atomic E-state index is 0.516. The maximum atomic E-state index is 6.76. The lowest BCUT2D eigenvalue weighted by Crippen LogP contribution is -2.00. The summed E-state index contributed by atoms with van der Waals surface area (Å²) in [4.78, 5) is 25.3. The monoisotopic (exact) mass is 733 g/mol. The number of rotatable bonds is 5. The van der Waals surface area contributed by atoms with Gasteiger partial charge >= 0.3 is 0 Å². The van der Waals surface area contributed by atoms with E-state index in [-0.39, 0.29) is 0 Å². The van der Waals surface area contributed by atoms with E-state index in [9.17, 15) is 0 Å². The van der Waals surface area contributed by atoms with E-state index in [0.717, 1.165) is 82.7 Å². The smallest absolute Gasteiger partial charge is 0.180 e. The third-order valence-corrected chi connectivity index (χ3v) is 10.6. The molecule has 0 atom stereocenters. The number of furan rings is 3. The van der Waals surface area contributed by atoms with E-state index in [1.807, 2.05) is 140 Å². The van der Waals surface area contributed by atoms with E-state index >= 15 is 0 Å². The van der Waals surface area contributed by atoms with Gasteiger partial charge in [0.1, 0.15) is 39.1 Å². The SMILES string of the molecule is c1ccc(-c2nc(-c3ccc4c(c3)oc3c(-c5nc(-c6ccccc6)c6oc7ccccc7c6n5)cccc34)nc(-c3cccc4c3oc3ccccc34)n2)cc1. The van der Waals surface area contributed by atoms with Gasteiger partial charge in [-0.3, -0.25) is 0 Å². The largest absolute Gasteiger partial charge is 0.455 e. The van der Waals surface area contributed by atoms with Crippen LogP contribution in [0.1, 0.15) is 0 Å². The molecule has 0 fully saturated rings. The predicted molar refractivity (Wildman–Crippen MR) is 224 cm³/mol. The van der Waals surface area contributed by atoms with Crippen molar-refractivity contribution in [2.75, 3.05) is 0 Å². The van der Waals surface area contributed by atoms with Crippen molar-refractivity contribution in [1.29, 1.82) is 0 Å². The van der Waals surface area contributed by atoms with Gasteiger partial charge < -0.3 is 13.3 Å². The Labute approximate surface area is 323 Å². The molecule has 0 N–H and O–H groups in total. The van der Waals surface area contributed by atoms with Gasteiger partial charge in [0.25, 0.3) is 0 Å². The zero-order valence-electron chi connectivity index (χ0n) is 30.0. The van der Waals surface area contributed by atoms with Gasteiger partial charge in [-0.15, -0.1) is 0 Å². The molecule has 0 amide bonds. The van der Waals surface area contributed by atoms with Crippen LogP contribution in [0.2, 0.25) is 0 Å². The molecule has 12 rings (SSSR count). The van der Waals surface area contributed by atoms with Crippen LogP contribution in [0.3, 0.4) is 0 Å². The molecule has 0 aliphatic heterocycles. The molecule has 8 nitrogen and oxygen atoms in total. The van der Waals surface area contributed by atoms with Crippen molar-refractivity contribution in [3.05, 3.63) is 164 Å². The van der Waals surface area contributed by atoms with Crippen molar-refractivity contribution in [3.63, 3.8) is 0 Å². The van der Waals surface area contributed by atoms with Crippen LogP contribution in [0.4, 0.5) is 0 Å². The molecule has 0 radical (unpaired) electrons. The maximum Gasteiger partial charge on any atom is 0.180 e. The Kier molecular flexibility index (Phi) is 6.76. The van der Waals surface area contributed by atoms with E-state index in [2.05, 4.69) is 24.3 Å². The first-order valence-electron chi connectivity index (χ1n) is 18.7. The Hall–Kier alpha value is -7.97. The average Bonchev–Trinajstić information content (AvgIpc) is 3.97. The maximum absolute atomic E-state index is 6.76. The van der Waals surface area contributed by atoms with Crippen LogP contribution in [0.5, 0.6) is 0 Å². The standard InChI is InChI=1S/C49H27N5O3/c1-3-13-28(14-4-1)41-45-42(35-18-8-10-24-39(35)56-45)51-48(50-41)36-21-12-20-34-32-26-25-30(27-40(32)57-44(34)36)47-52-46(29-15-5-2-6-16-29)53-49(54-47)37-22-11-19-33-31-17-7-9-23-38(31)55-43(33)37/h1-27H. The highest BCUT2D eigenvalue weighted by molar-refractivity contribution is 6.12. The van der Waals surface area contributed by atoms with E-state index in [1.165, 1.54) is 0 Å². The van der Waals surface area contributed by atoms with Crippen LogP contribution >= 0.6 is 0 Å². The fraction of sp³-hybridized carbons (Fsp3) is 0. The third kappa shape index (κ3) is 4.97.